The maximum Gasteiger partial charge on any atom is 0.352 e. The van der Waals surface area contributed by atoms with Gasteiger partial charge in [0.15, 0.2) is 5.72 Å². The molecule has 2 aromatic heterocycles. The number of aromatic amines is 1. The number of fused-ring (bicyclic) bond motifs is 1. The van der Waals surface area contributed by atoms with Crippen molar-refractivity contribution in [2.75, 3.05) is 18.5 Å². The van der Waals surface area contributed by atoms with Crippen molar-refractivity contribution in [2.24, 2.45) is 5.84 Å². The van der Waals surface area contributed by atoms with Crippen LogP contribution in [0.4, 0.5) is 5.82 Å². The van der Waals surface area contributed by atoms with Crippen molar-refractivity contribution < 1.29 is 34.4 Å². The Labute approximate surface area is 227 Å². The van der Waals surface area contributed by atoms with Crippen molar-refractivity contribution in [3.05, 3.63) is 70.9 Å². The SMILES string of the molecule is C=C1[C@@H](O)CO[C@]1(CO)n1ccc(NC(=O)CC[C@H](C(=O)O)N(N)C(=O)CCc2c[nH]c3ccccc23)nc1=O. The van der Waals surface area contributed by atoms with E-state index in [1.807, 2.05) is 24.3 Å². The van der Waals surface area contributed by atoms with E-state index in [1.165, 1.54) is 12.3 Å². The summed E-state index contributed by atoms with van der Waals surface area (Å²) in [6, 6.07) is 7.39. The summed E-state index contributed by atoms with van der Waals surface area (Å²) in [5, 5.41) is 33.3. The molecule has 1 aromatic carbocycles. The molecular formula is C26H30N6O8. The van der Waals surface area contributed by atoms with E-state index >= 15 is 0 Å². The van der Waals surface area contributed by atoms with E-state index in [9.17, 15) is 34.5 Å². The number of amides is 2. The fourth-order valence-corrected chi connectivity index (χ4v) is 4.60. The molecular weight excluding hydrogens is 524 g/mol. The van der Waals surface area contributed by atoms with Crippen molar-refractivity contribution in [1.82, 2.24) is 19.5 Å². The van der Waals surface area contributed by atoms with E-state index < -0.39 is 48.0 Å². The summed E-state index contributed by atoms with van der Waals surface area (Å²) in [6.07, 6.45) is 1.62. The van der Waals surface area contributed by atoms with Crippen LogP contribution in [-0.4, -0.2) is 78.0 Å². The Kier molecular flexibility index (Phi) is 8.44. The number of benzene rings is 1. The molecule has 3 heterocycles. The van der Waals surface area contributed by atoms with Crippen LogP contribution in [0.15, 0.2) is 59.7 Å². The van der Waals surface area contributed by atoms with Crippen molar-refractivity contribution in [3.8, 4) is 0 Å². The van der Waals surface area contributed by atoms with Gasteiger partial charge in [-0.15, -0.1) is 0 Å². The van der Waals surface area contributed by atoms with Crippen LogP contribution in [-0.2, 0) is 31.3 Å². The second kappa shape index (κ2) is 11.8. The number of aromatic nitrogens is 3. The summed E-state index contributed by atoms with van der Waals surface area (Å²) in [7, 11) is 0. The quantitative estimate of drug-likeness (QED) is 0.0796. The number of nitrogens with two attached hydrogens (primary N) is 1. The first kappa shape index (κ1) is 28.6. The molecule has 4 rings (SSSR count). The number of hydrogen-bond donors (Lipinski definition) is 6. The molecule has 1 aliphatic rings. The predicted octanol–water partition coefficient (Wildman–Crippen LogP) is -0.176. The Morgan fingerprint density at radius 1 is 1.30 bits per heavy atom. The monoisotopic (exact) mass is 554 g/mol. The molecule has 0 spiro atoms. The summed E-state index contributed by atoms with van der Waals surface area (Å²) >= 11 is 0. The molecule has 0 bridgehead atoms. The Hall–Kier alpha value is -4.37. The number of hydrogen-bond acceptors (Lipinski definition) is 9. The number of carboxylic acid groups (broad SMARTS) is 1. The fraction of sp³-hybridized carbons (Fsp3) is 0.346. The number of rotatable bonds is 11. The molecule has 7 N–H and O–H groups in total. The van der Waals surface area contributed by atoms with Gasteiger partial charge < -0.3 is 30.4 Å². The van der Waals surface area contributed by atoms with Crippen LogP contribution in [0.25, 0.3) is 10.9 Å². The normalized spacial score (nSPS) is 19.5. The van der Waals surface area contributed by atoms with Crippen LogP contribution in [0.3, 0.4) is 0 Å². The number of carbonyl (C=O) groups is 3. The number of carboxylic acids is 1. The zero-order valence-corrected chi connectivity index (χ0v) is 21.4. The molecule has 0 unspecified atom stereocenters. The van der Waals surface area contributed by atoms with Gasteiger partial charge in [-0.2, -0.15) is 4.98 Å². The lowest BCUT2D eigenvalue weighted by molar-refractivity contribution is -0.151. The Balaban J connectivity index is 1.34. The van der Waals surface area contributed by atoms with Gasteiger partial charge in [0.05, 0.1) is 13.2 Å². The van der Waals surface area contributed by atoms with E-state index in [1.54, 1.807) is 6.20 Å². The van der Waals surface area contributed by atoms with Gasteiger partial charge in [0.25, 0.3) is 0 Å². The average Bonchev–Trinajstić information content (AvgIpc) is 3.48. The van der Waals surface area contributed by atoms with Crippen molar-refractivity contribution in [1.29, 1.82) is 0 Å². The number of H-pyrrole nitrogens is 1. The summed E-state index contributed by atoms with van der Waals surface area (Å²) in [5.74, 6) is 3.09. The highest BCUT2D eigenvalue weighted by Gasteiger charge is 2.46. The maximum absolute atomic E-state index is 12.7. The summed E-state index contributed by atoms with van der Waals surface area (Å²) in [4.78, 5) is 56.4. The number of aliphatic carboxylic acids is 1. The first-order valence-corrected chi connectivity index (χ1v) is 12.4. The molecule has 40 heavy (non-hydrogen) atoms. The van der Waals surface area contributed by atoms with Gasteiger partial charge in [0, 0.05) is 41.7 Å². The van der Waals surface area contributed by atoms with Crippen LogP contribution in [0.5, 0.6) is 0 Å². The Bertz CT molecular complexity index is 1500. The number of anilines is 1. The number of hydrazine groups is 1. The Morgan fingerprint density at radius 3 is 2.70 bits per heavy atom. The minimum Gasteiger partial charge on any atom is -0.480 e. The lowest BCUT2D eigenvalue weighted by Gasteiger charge is -2.29. The van der Waals surface area contributed by atoms with E-state index in [2.05, 4.69) is 21.9 Å². The standard InChI is InChI=1S/C26H30N6O8/c1-15-20(34)13-40-26(15,14-33)31-11-10-21(30-25(31)39)29-22(35)8-7-19(24(37)38)32(27)23(36)9-6-16-12-28-18-5-3-2-4-17(16)18/h2-5,10-12,19-20,28,33-34H,1,6-9,13-14,27H2,(H,37,38)(H,29,30,35,39)/t19-,20+,26+/m1/s1. The van der Waals surface area contributed by atoms with Gasteiger partial charge in [-0.25, -0.2) is 15.4 Å². The van der Waals surface area contributed by atoms with Crippen molar-refractivity contribution in [2.45, 2.75) is 43.6 Å². The van der Waals surface area contributed by atoms with Crippen LogP contribution in [0, 0.1) is 0 Å². The van der Waals surface area contributed by atoms with Gasteiger partial charge in [-0.3, -0.25) is 19.2 Å². The lowest BCUT2D eigenvalue weighted by atomic mass is 10.0. The number of carbonyl (C=O) groups excluding carboxylic acids is 2. The third kappa shape index (κ3) is 5.65. The zero-order chi connectivity index (χ0) is 29.0. The van der Waals surface area contributed by atoms with E-state index in [0.29, 0.717) is 11.4 Å². The van der Waals surface area contributed by atoms with Gasteiger partial charge in [0.2, 0.25) is 11.8 Å². The number of ether oxygens (including phenoxy) is 1. The summed E-state index contributed by atoms with van der Waals surface area (Å²) in [5.41, 5.74) is -0.688. The fourth-order valence-electron chi connectivity index (χ4n) is 4.60. The second-order valence-electron chi connectivity index (χ2n) is 9.36. The highest BCUT2D eigenvalue weighted by molar-refractivity contribution is 5.90. The van der Waals surface area contributed by atoms with Gasteiger partial charge in [-0.05, 0) is 30.5 Å². The van der Waals surface area contributed by atoms with Gasteiger partial charge in [0.1, 0.15) is 18.0 Å². The number of aliphatic hydroxyl groups excluding tert-OH is 2. The largest absolute Gasteiger partial charge is 0.480 e. The minimum atomic E-state index is -1.69. The second-order valence-corrected chi connectivity index (χ2v) is 9.36. The maximum atomic E-state index is 12.7. The number of aliphatic hydroxyl groups is 2. The topological polar surface area (TPSA) is 213 Å². The molecule has 1 fully saturated rings. The molecule has 3 atom stereocenters. The van der Waals surface area contributed by atoms with Crippen LogP contribution < -0.4 is 16.8 Å². The average molecular weight is 555 g/mol. The summed E-state index contributed by atoms with van der Waals surface area (Å²) in [6.45, 7) is 2.84. The lowest BCUT2D eigenvalue weighted by Crippen LogP contribution is -2.50. The third-order valence-electron chi connectivity index (χ3n) is 6.90. The summed E-state index contributed by atoms with van der Waals surface area (Å²) < 4.78 is 6.38. The highest BCUT2D eigenvalue weighted by atomic mass is 16.5. The third-order valence-corrected chi connectivity index (χ3v) is 6.90. The van der Waals surface area contributed by atoms with Gasteiger partial charge in [-0.1, -0.05) is 24.8 Å². The zero-order valence-electron chi connectivity index (χ0n) is 21.4. The molecule has 0 saturated carbocycles. The van der Waals surface area contributed by atoms with E-state index in [0.717, 1.165) is 21.0 Å². The van der Waals surface area contributed by atoms with Crippen LogP contribution in [0.1, 0.15) is 24.8 Å². The number of para-hydroxylation sites is 1. The Morgan fingerprint density at radius 2 is 2.05 bits per heavy atom. The predicted molar refractivity (Wildman–Crippen MR) is 142 cm³/mol. The van der Waals surface area contributed by atoms with Crippen LogP contribution in [0.2, 0.25) is 0 Å². The molecule has 14 heteroatoms. The smallest absolute Gasteiger partial charge is 0.352 e. The molecule has 2 amide bonds. The van der Waals surface area contributed by atoms with E-state index in [-0.39, 0.29) is 37.3 Å². The molecule has 14 nitrogen and oxygen atoms in total. The number of aryl methyl sites for hydroxylation is 1. The molecule has 1 aliphatic heterocycles. The first-order chi connectivity index (χ1) is 19.1. The minimum absolute atomic E-state index is 0.0307. The van der Waals surface area contributed by atoms with Crippen molar-refractivity contribution in [3.63, 3.8) is 0 Å². The number of nitrogens with one attached hydrogen (secondary N) is 2. The molecule has 212 valence electrons. The van der Waals surface area contributed by atoms with Gasteiger partial charge >= 0.3 is 11.7 Å². The molecule has 3 aromatic rings. The molecule has 0 aliphatic carbocycles. The molecule has 1 saturated heterocycles. The first-order valence-electron chi connectivity index (χ1n) is 12.4. The highest BCUT2D eigenvalue weighted by Crippen LogP contribution is 2.34. The van der Waals surface area contributed by atoms with Crippen molar-refractivity contribution >= 4 is 34.5 Å². The molecule has 0 radical (unpaired) electrons. The van der Waals surface area contributed by atoms with E-state index in [4.69, 9.17) is 10.6 Å². The van der Waals surface area contributed by atoms with Crippen LogP contribution >= 0.6 is 0 Å². The number of nitrogens with zero attached hydrogens (tertiary/aromatic N) is 3.